The van der Waals surface area contributed by atoms with Gasteiger partial charge in [-0.2, -0.15) is 0 Å². The molecule has 160 valence electrons. The van der Waals surface area contributed by atoms with E-state index < -0.39 is 0 Å². The van der Waals surface area contributed by atoms with Crippen LogP contribution in [0.2, 0.25) is 0 Å². The van der Waals surface area contributed by atoms with Crippen molar-refractivity contribution in [3.63, 3.8) is 0 Å². The summed E-state index contributed by atoms with van der Waals surface area (Å²) in [4.78, 5) is 29.5. The predicted octanol–water partition coefficient (Wildman–Crippen LogP) is 4.32. The number of hydrogen-bond acceptors (Lipinski definition) is 8. The average Bonchev–Trinajstić information content (AvgIpc) is 2.80. The normalized spacial score (nSPS) is 10.3. The van der Waals surface area contributed by atoms with Crippen molar-refractivity contribution in [3.8, 4) is 5.88 Å². The van der Waals surface area contributed by atoms with Crippen molar-refractivity contribution < 1.29 is 9.53 Å². The molecule has 0 bridgehead atoms. The van der Waals surface area contributed by atoms with Crippen LogP contribution >= 0.6 is 0 Å². The molecule has 0 spiro atoms. The number of amides is 1. The molecule has 3 aromatic heterocycles. The Kier molecular flexibility index (Phi) is 6.17. The van der Waals surface area contributed by atoms with Crippen LogP contribution in [0.1, 0.15) is 16.2 Å². The zero-order valence-corrected chi connectivity index (χ0v) is 17.5. The minimum atomic E-state index is -0.247. The van der Waals surface area contributed by atoms with Crippen molar-refractivity contribution in [3.05, 3.63) is 84.4 Å². The first kappa shape index (κ1) is 20.7. The molecular formula is C23H21N7O2. The van der Waals surface area contributed by atoms with Crippen molar-refractivity contribution in [2.75, 3.05) is 23.1 Å². The molecule has 0 saturated heterocycles. The Bertz CT molecular complexity index is 1210. The summed E-state index contributed by atoms with van der Waals surface area (Å²) in [6.45, 7) is 1.82. The number of carbonyl (C=O) groups excluding carboxylic acids is 1. The van der Waals surface area contributed by atoms with E-state index in [0.29, 0.717) is 40.4 Å². The van der Waals surface area contributed by atoms with Gasteiger partial charge < -0.3 is 20.7 Å². The van der Waals surface area contributed by atoms with E-state index in [9.17, 15) is 4.79 Å². The van der Waals surface area contributed by atoms with Gasteiger partial charge in [0.1, 0.15) is 23.3 Å². The number of anilines is 5. The molecule has 1 amide bonds. The Morgan fingerprint density at radius 3 is 2.28 bits per heavy atom. The van der Waals surface area contributed by atoms with Gasteiger partial charge in [0.15, 0.2) is 0 Å². The monoisotopic (exact) mass is 427 g/mol. The number of aryl methyl sites for hydroxylation is 1. The largest absolute Gasteiger partial charge is 0.481 e. The molecule has 0 fully saturated rings. The Hall–Kier alpha value is -4.53. The van der Waals surface area contributed by atoms with Crippen molar-refractivity contribution in [1.29, 1.82) is 0 Å². The zero-order chi connectivity index (χ0) is 22.3. The molecule has 4 rings (SSSR count). The van der Waals surface area contributed by atoms with E-state index in [0.717, 1.165) is 5.69 Å². The summed E-state index contributed by atoms with van der Waals surface area (Å²) in [6, 6.07) is 17.9. The zero-order valence-electron chi connectivity index (χ0n) is 17.5. The molecule has 0 aliphatic heterocycles. The van der Waals surface area contributed by atoms with Gasteiger partial charge >= 0.3 is 0 Å². The van der Waals surface area contributed by atoms with Crippen LogP contribution in [0, 0.1) is 6.92 Å². The molecule has 1 aromatic carbocycles. The van der Waals surface area contributed by atoms with Crippen molar-refractivity contribution in [2.24, 2.45) is 0 Å². The van der Waals surface area contributed by atoms with Gasteiger partial charge in [-0.1, -0.05) is 6.07 Å². The van der Waals surface area contributed by atoms with Gasteiger partial charge in [0.25, 0.3) is 5.91 Å². The average molecular weight is 427 g/mol. The van der Waals surface area contributed by atoms with Gasteiger partial charge in [-0.25, -0.2) is 19.9 Å². The third kappa shape index (κ3) is 5.33. The molecule has 32 heavy (non-hydrogen) atoms. The molecule has 3 heterocycles. The number of ether oxygens (including phenoxy) is 1. The highest BCUT2D eigenvalue weighted by atomic mass is 16.5. The lowest BCUT2D eigenvalue weighted by Gasteiger charge is -2.11. The maximum absolute atomic E-state index is 12.4. The number of hydrogen-bond donors (Lipinski definition) is 3. The summed E-state index contributed by atoms with van der Waals surface area (Å²) in [6.07, 6.45) is 3.24. The lowest BCUT2D eigenvalue weighted by Crippen LogP contribution is -2.12. The van der Waals surface area contributed by atoms with Crippen LogP contribution in [0.3, 0.4) is 0 Å². The van der Waals surface area contributed by atoms with Crippen LogP contribution in [0.5, 0.6) is 5.88 Å². The second-order valence-corrected chi connectivity index (χ2v) is 6.77. The molecule has 9 heteroatoms. The Balaban J connectivity index is 1.43. The molecule has 3 N–H and O–H groups in total. The van der Waals surface area contributed by atoms with Crippen molar-refractivity contribution in [2.45, 2.75) is 6.92 Å². The number of rotatable bonds is 7. The number of methoxy groups -OCH3 is 1. The first-order valence-electron chi connectivity index (χ1n) is 9.81. The number of nitrogens with one attached hydrogen (secondary N) is 3. The summed E-state index contributed by atoms with van der Waals surface area (Å²) < 4.78 is 5.06. The first-order chi connectivity index (χ1) is 15.6. The molecule has 0 atom stereocenters. The van der Waals surface area contributed by atoms with Crippen LogP contribution in [-0.4, -0.2) is 33.0 Å². The number of pyridine rings is 2. The minimum Gasteiger partial charge on any atom is -0.481 e. The van der Waals surface area contributed by atoms with Crippen molar-refractivity contribution >= 4 is 34.7 Å². The Labute approximate surface area is 185 Å². The third-order valence-corrected chi connectivity index (χ3v) is 4.38. The van der Waals surface area contributed by atoms with Crippen LogP contribution in [0.4, 0.5) is 28.8 Å². The van der Waals surface area contributed by atoms with E-state index >= 15 is 0 Å². The minimum absolute atomic E-state index is 0.247. The molecule has 0 unspecified atom stereocenters. The van der Waals surface area contributed by atoms with Gasteiger partial charge in [-0.3, -0.25) is 4.79 Å². The Morgan fingerprint density at radius 2 is 1.56 bits per heavy atom. The maximum Gasteiger partial charge on any atom is 0.255 e. The van der Waals surface area contributed by atoms with Gasteiger partial charge in [0, 0.05) is 41.5 Å². The topological polar surface area (TPSA) is 114 Å². The first-order valence-corrected chi connectivity index (χ1v) is 9.81. The molecule has 0 radical (unpaired) electrons. The highest BCUT2D eigenvalue weighted by molar-refractivity contribution is 6.04. The van der Waals surface area contributed by atoms with Gasteiger partial charge in [-0.05, 0) is 49.4 Å². The SMILES string of the molecule is COc1cc(C(=O)Nc2ccc(Nc3cc(Nc4ccccn4)nc(C)n3)cc2)ccn1. The van der Waals surface area contributed by atoms with Crippen molar-refractivity contribution in [1.82, 2.24) is 19.9 Å². The fourth-order valence-electron chi connectivity index (χ4n) is 2.91. The summed E-state index contributed by atoms with van der Waals surface area (Å²) >= 11 is 0. The van der Waals surface area contributed by atoms with Gasteiger partial charge in [-0.15, -0.1) is 0 Å². The van der Waals surface area contributed by atoms with Crippen LogP contribution in [0.25, 0.3) is 0 Å². The van der Waals surface area contributed by atoms with E-state index in [1.54, 1.807) is 36.5 Å². The van der Waals surface area contributed by atoms with Gasteiger partial charge in [0.2, 0.25) is 5.88 Å². The van der Waals surface area contributed by atoms with E-state index in [1.807, 2.05) is 37.3 Å². The number of benzene rings is 1. The third-order valence-electron chi connectivity index (χ3n) is 4.38. The second kappa shape index (κ2) is 9.52. The molecule has 0 saturated carbocycles. The summed E-state index contributed by atoms with van der Waals surface area (Å²) in [5, 5.41) is 9.26. The molecule has 0 aliphatic carbocycles. The number of aromatic nitrogens is 4. The maximum atomic E-state index is 12.4. The molecule has 4 aromatic rings. The number of carbonyl (C=O) groups is 1. The van der Waals surface area contributed by atoms with E-state index in [4.69, 9.17) is 4.74 Å². The van der Waals surface area contributed by atoms with E-state index in [1.165, 1.54) is 13.3 Å². The summed E-state index contributed by atoms with van der Waals surface area (Å²) in [7, 11) is 1.51. The number of nitrogens with zero attached hydrogens (tertiary/aromatic N) is 4. The molecule has 0 aliphatic rings. The molecular weight excluding hydrogens is 406 g/mol. The Morgan fingerprint density at radius 1 is 0.812 bits per heavy atom. The van der Waals surface area contributed by atoms with Crippen LogP contribution < -0.4 is 20.7 Å². The fourth-order valence-corrected chi connectivity index (χ4v) is 2.91. The quantitative estimate of drug-likeness (QED) is 0.399. The fraction of sp³-hybridized carbons (Fsp3) is 0.0870. The van der Waals surface area contributed by atoms with Crippen LogP contribution in [0.15, 0.2) is 73.1 Å². The second-order valence-electron chi connectivity index (χ2n) is 6.77. The van der Waals surface area contributed by atoms with E-state index in [-0.39, 0.29) is 5.91 Å². The summed E-state index contributed by atoms with van der Waals surface area (Å²) in [5.41, 5.74) is 1.94. The van der Waals surface area contributed by atoms with Crippen LogP contribution in [-0.2, 0) is 0 Å². The summed E-state index contributed by atoms with van der Waals surface area (Å²) in [5.74, 6) is 2.72. The lowest BCUT2D eigenvalue weighted by molar-refractivity contribution is 0.102. The standard InChI is InChI=1S/C23H21N7O2/c1-15-26-20(14-21(27-15)30-19-5-3-4-11-24-19)28-17-6-8-18(9-7-17)29-23(31)16-10-12-25-22(13-16)32-2/h3-14H,1-2H3,(H,29,31)(H2,24,26,27,28,30). The lowest BCUT2D eigenvalue weighted by atomic mass is 10.2. The highest BCUT2D eigenvalue weighted by Gasteiger charge is 2.08. The van der Waals surface area contributed by atoms with Gasteiger partial charge in [0.05, 0.1) is 7.11 Å². The predicted molar refractivity (Wildman–Crippen MR) is 123 cm³/mol. The molecule has 9 nitrogen and oxygen atoms in total. The smallest absolute Gasteiger partial charge is 0.255 e. The van der Waals surface area contributed by atoms with E-state index in [2.05, 4.69) is 35.9 Å². The highest BCUT2D eigenvalue weighted by Crippen LogP contribution is 2.21.